The van der Waals surface area contributed by atoms with Gasteiger partial charge in [0, 0.05) is 0 Å². The molecule has 0 radical (unpaired) electrons. The summed E-state index contributed by atoms with van der Waals surface area (Å²) in [4.78, 5) is 11.0. The van der Waals surface area contributed by atoms with Crippen molar-refractivity contribution in [3.8, 4) is 28.4 Å². The average Bonchev–Trinajstić information content (AvgIpc) is 2.49. The molecule has 2 rings (SSSR count). The molecule has 1 N–H and O–H groups in total. The molecular weight excluding hydrogens is 256 g/mol. The second-order valence-electron chi connectivity index (χ2n) is 4.19. The number of phenols is 1. The van der Waals surface area contributed by atoms with Gasteiger partial charge in [0.2, 0.25) is 0 Å². The van der Waals surface area contributed by atoms with Crippen LogP contribution in [-0.4, -0.2) is 25.1 Å². The summed E-state index contributed by atoms with van der Waals surface area (Å²) < 4.78 is 10.5. The van der Waals surface area contributed by atoms with Gasteiger partial charge in [0.1, 0.15) is 5.75 Å². The van der Waals surface area contributed by atoms with Gasteiger partial charge in [-0.15, -0.1) is 0 Å². The molecule has 104 valence electrons. The Morgan fingerprint density at radius 1 is 1.15 bits per heavy atom. The van der Waals surface area contributed by atoms with Crippen LogP contribution in [0.4, 0.5) is 0 Å². The Hall–Kier alpha value is -2.49. The van der Waals surface area contributed by atoms with E-state index in [0.717, 1.165) is 16.9 Å². The summed E-state index contributed by atoms with van der Waals surface area (Å²) in [6.45, 7) is 2.54. The topological polar surface area (TPSA) is 55.8 Å². The van der Waals surface area contributed by atoms with Crippen LogP contribution in [0.3, 0.4) is 0 Å². The predicted octanol–water partition coefficient (Wildman–Crippen LogP) is 3.28. The summed E-state index contributed by atoms with van der Waals surface area (Å²) in [7, 11) is 1.45. The van der Waals surface area contributed by atoms with Gasteiger partial charge < -0.3 is 14.6 Å². The van der Waals surface area contributed by atoms with Crippen molar-refractivity contribution in [2.45, 2.75) is 6.92 Å². The number of aromatic hydroxyl groups is 1. The normalized spacial score (nSPS) is 10.1. The highest BCUT2D eigenvalue weighted by molar-refractivity contribution is 5.85. The Balaban J connectivity index is 2.43. The molecule has 0 aliphatic carbocycles. The predicted molar refractivity (Wildman–Crippen MR) is 76.7 cm³/mol. The van der Waals surface area contributed by atoms with Gasteiger partial charge in [-0.25, -0.2) is 0 Å². The maximum atomic E-state index is 11.0. The molecule has 0 aliphatic rings. The van der Waals surface area contributed by atoms with Crippen molar-refractivity contribution in [2.24, 2.45) is 0 Å². The first kappa shape index (κ1) is 13.9. The van der Waals surface area contributed by atoms with Crippen molar-refractivity contribution in [1.29, 1.82) is 0 Å². The number of rotatable bonds is 5. The van der Waals surface area contributed by atoms with E-state index in [9.17, 15) is 9.90 Å². The molecule has 2 aromatic carbocycles. The average molecular weight is 272 g/mol. The zero-order valence-corrected chi connectivity index (χ0v) is 11.4. The number of benzene rings is 2. The third-order valence-electron chi connectivity index (χ3n) is 2.95. The molecule has 0 bridgehead atoms. The quantitative estimate of drug-likeness (QED) is 0.849. The third-order valence-corrected chi connectivity index (χ3v) is 2.95. The summed E-state index contributed by atoms with van der Waals surface area (Å²) in [5.41, 5.74) is 1.91. The van der Waals surface area contributed by atoms with E-state index in [1.54, 1.807) is 12.1 Å². The van der Waals surface area contributed by atoms with E-state index in [1.165, 1.54) is 7.11 Å². The first-order valence-corrected chi connectivity index (χ1v) is 6.29. The second-order valence-corrected chi connectivity index (χ2v) is 4.19. The van der Waals surface area contributed by atoms with E-state index in [2.05, 4.69) is 0 Å². The molecule has 0 saturated carbocycles. The van der Waals surface area contributed by atoms with Crippen LogP contribution in [0.1, 0.15) is 17.3 Å². The van der Waals surface area contributed by atoms with Crippen molar-refractivity contribution in [3.63, 3.8) is 0 Å². The molecule has 0 spiro atoms. The van der Waals surface area contributed by atoms with Crippen molar-refractivity contribution in [3.05, 3.63) is 42.0 Å². The maximum Gasteiger partial charge on any atom is 0.168 e. The molecule has 4 nitrogen and oxygen atoms in total. The number of phenolic OH excluding ortho intramolecular Hbond substituents is 1. The summed E-state index contributed by atoms with van der Waals surface area (Å²) in [6.07, 6.45) is 0.607. The largest absolute Gasteiger partial charge is 0.504 e. The molecule has 2 aromatic rings. The second kappa shape index (κ2) is 6.10. The minimum atomic E-state index is -0.141. The SMILES string of the molecule is CCOc1ccc(-c2cc(C=O)c(O)c(OC)c2)cc1. The number of carbonyl (C=O) groups is 1. The van der Waals surface area contributed by atoms with E-state index in [-0.39, 0.29) is 17.1 Å². The molecule has 0 aromatic heterocycles. The van der Waals surface area contributed by atoms with Gasteiger partial charge in [-0.3, -0.25) is 4.79 Å². The maximum absolute atomic E-state index is 11.0. The number of hydrogen-bond acceptors (Lipinski definition) is 4. The van der Waals surface area contributed by atoms with Gasteiger partial charge >= 0.3 is 0 Å². The molecule has 0 saturated heterocycles. The van der Waals surface area contributed by atoms with Crippen LogP contribution < -0.4 is 9.47 Å². The fourth-order valence-electron chi connectivity index (χ4n) is 1.95. The molecule has 4 heteroatoms. The Morgan fingerprint density at radius 3 is 2.40 bits per heavy atom. The molecule has 0 heterocycles. The first-order valence-electron chi connectivity index (χ1n) is 6.29. The monoisotopic (exact) mass is 272 g/mol. The lowest BCUT2D eigenvalue weighted by Crippen LogP contribution is -1.92. The lowest BCUT2D eigenvalue weighted by Gasteiger charge is -2.10. The highest BCUT2D eigenvalue weighted by atomic mass is 16.5. The van der Waals surface area contributed by atoms with Gasteiger partial charge in [0.25, 0.3) is 0 Å². The minimum absolute atomic E-state index is 0.141. The zero-order valence-electron chi connectivity index (χ0n) is 11.4. The van der Waals surface area contributed by atoms with Crippen LogP contribution in [0.25, 0.3) is 11.1 Å². The highest BCUT2D eigenvalue weighted by Gasteiger charge is 2.11. The Bertz CT molecular complexity index is 603. The molecule has 0 amide bonds. The number of aldehydes is 1. The number of hydrogen-bond donors (Lipinski definition) is 1. The van der Waals surface area contributed by atoms with Crippen LogP contribution in [0.15, 0.2) is 36.4 Å². The Morgan fingerprint density at radius 2 is 1.85 bits per heavy atom. The summed E-state index contributed by atoms with van der Waals surface area (Å²) in [6, 6.07) is 10.8. The lowest BCUT2D eigenvalue weighted by molar-refractivity contribution is 0.112. The van der Waals surface area contributed by atoms with Crippen LogP contribution in [0.2, 0.25) is 0 Å². The van der Waals surface area contributed by atoms with E-state index < -0.39 is 0 Å². The fourth-order valence-corrected chi connectivity index (χ4v) is 1.95. The van der Waals surface area contributed by atoms with Crippen molar-refractivity contribution in [1.82, 2.24) is 0 Å². The van der Waals surface area contributed by atoms with Crippen LogP contribution >= 0.6 is 0 Å². The van der Waals surface area contributed by atoms with Gasteiger partial charge in [-0.1, -0.05) is 12.1 Å². The molecule has 0 fully saturated rings. The number of carbonyl (C=O) groups excluding carboxylic acids is 1. The molecular formula is C16H16O4. The lowest BCUT2D eigenvalue weighted by atomic mass is 10.0. The smallest absolute Gasteiger partial charge is 0.168 e. The standard InChI is InChI=1S/C16H16O4/c1-3-20-14-6-4-11(5-7-14)12-8-13(10-17)16(18)15(9-12)19-2/h4-10,18H,3H2,1-2H3. The fraction of sp³-hybridized carbons (Fsp3) is 0.188. The highest BCUT2D eigenvalue weighted by Crippen LogP contribution is 2.35. The van der Waals surface area contributed by atoms with Gasteiger partial charge in [0.15, 0.2) is 17.8 Å². The number of methoxy groups -OCH3 is 1. The zero-order chi connectivity index (χ0) is 14.5. The summed E-state index contributed by atoms with van der Waals surface area (Å²) >= 11 is 0. The first-order chi connectivity index (χ1) is 9.69. The number of ether oxygens (including phenoxy) is 2. The molecule has 20 heavy (non-hydrogen) atoms. The summed E-state index contributed by atoms with van der Waals surface area (Å²) in [5.74, 6) is 0.924. The minimum Gasteiger partial charge on any atom is -0.504 e. The van der Waals surface area contributed by atoms with Crippen molar-refractivity contribution >= 4 is 6.29 Å². The van der Waals surface area contributed by atoms with Crippen LogP contribution in [0, 0.1) is 0 Å². The Kier molecular flexibility index (Phi) is 4.25. The van der Waals surface area contributed by atoms with Gasteiger partial charge in [0.05, 0.1) is 19.3 Å². The van der Waals surface area contributed by atoms with Gasteiger partial charge in [-0.2, -0.15) is 0 Å². The van der Waals surface area contributed by atoms with E-state index in [0.29, 0.717) is 12.9 Å². The molecule has 0 unspecified atom stereocenters. The van der Waals surface area contributed by atoms with Crippen LogP contribution in [-0.2, 0) is 0 Å². The van der Waals surface area contributed by atoms with E-state index in [4.69, 9.17) is 9.47 Å². The molecule has 0 atom stereocenters. The summed E-state index contributed by atoms with van der Waals surface area (Å²) in [5, 5.41) is 9.80. The molecule has 0 aliphatic heterocycles. The van der Waals surface area contributed by atoms with Crippen molar-refractivity contribution < 1.29 is 19.4 Å². The van der Waals surface area contributed by atoms with Gasteiger partial charge in [-0.05, 0) is 42.3 Å². The third kappa shape index (κ3) is 2.74. The van der Waals surface area contributed by atoms with Crippen LogP contribution in [0.5, 0.6) is 17.2 Å². The van der Waals surface area contributed by atoms with E-state index in [1.807, 2.05) is 31.2 Å². The van der Waals surface area contributed by atoms with Crippen molar-refractivity contribution in [2.75, 3.05) is 13.7 Å². The van der Waals surface area contributed by atoms with E-state index >= 15 is 0 Å². The Labute approximate surface area is 117 Å².